The molecule has 1 aromatic heterocycles. The van der Waals surface area contributed by atoms with Crippen molar-refractivity contribution in [3.63, 3.8) is 0 Å². The number of nitrogens with one attached hydrogen (secondary N) is 1. The predicted octanol–water partition coefficient (Wildman–Crippen LogP) is 2.41. The minimum atomic E-state index is -0.960. The fourth-order valence-corrected chi connectivity index (χ4v) is 3.19. The van der Waals surface area contributed by atoms with E-state index in [2.05, 4.69) is 5.32 Å². The molecule has 2 rings (SSSR count). The summed E-state index contributed by atoms with van der Waals surface area (Å²) in [6.45, 7) is 2.29. The number of thiophene rings is 1. The number of carbonyl (C=O) groups is 3. The maximum Gasteiger partial charge on any atom is 0.305 e. The molecule has 7 heteroatoms. The monoisotopic (exact) mass is 374 g/mol. The molecule has 0 saturated carbocycles. The highest BCUT2D eigenvalue weighted by Crippen LogP contribution is 2.11. The van der Waals surface area contributed by atoms with Gasteiger partial charge in [-0.15, -0.1) is 11.3 Å². The molecule has 1 heterocycles. The van der Waals surface area contributed by atoms with Crippen LogP contribution in [-0.4, -0.2) is 46.9 Å². The smallest absolute Gasteiger partial charge is 0.305 e. The zero-order valence-electron chi connectivity index (χ0n) is 14.6. The molecule has 138 valence electrons. The first-order valence-corrected chi connectivity index (χ1v) is 9.28. The largest absolute Gasteiger partial charge is 0.481 e. The number of rotatable bonds is 9. The van der Waals surface area contributed by atoms with Gasteiger partial charge >= 0.3 is 5.97 Å². The van der Waals surface area contributed by atoms with Gasteiger partial charge in [0.1, 0.15) is 6.04 Å². The Bertz CT molecular complexity index is 731. The van der Waals surface area contributed by atoms with E-state index >= 15 is 0 Å². The average molecular weight is 374 g/mol. The molecule has 0 fully saturated rings. The second-order valence-corrected chi connectivity index (χ2v) is 6.70. The maximum absolute atomic E-state index is 12.9. The van der Waals surface area contributed by atoms with Crippen molar-refractivity contribution in [3.8, 4) is 0 Å². The molecule has 2 aromatic rings. The van der Waals surface area contributed by atoms with Gasteiger partial charge in [0.15, 0.2) is 0 Å². The second-order valence-electron chi connectivity index (χ2n) is 5.75. The summed E-state index contributed by atoms with van der Waals surface area (Å²) in [5, 5.41) is 13.5. The zero-order valence-corrected chi connectivity index (χ0v) is 15.4. The number of hydrogen-bond acceptors (Lipinski definition) is 4. The number of carboxylic acids is 1. The lowest BCUT2D eigenvalue weighted by Gasteiger charge is -2.26. The van der Waals surface area contributed by atoms with E-state index in [1.54, 1.807) is 24.4 Å². The van der Waals surface area contributed by atoms with Gasteiger partial charge < -0.3 is 15.3 Å². The molecule has 1 unspecified atom stereocenters. The fraction of sp³-hybridized carbons (Fsp3) is 0.316. The summed E-state index contributed by atoms with van der Waals surface area (Å²) < 4.78 is 0. The van der Waals surface area contributed by atoms with Crippen LogP contribution in [0.15, 0.2) is 47.8 Å². The Morgan fingerprint density at radius 2 is 1.88 bits per heavy atom. The fourth-order valence-electron chi connectivity index (χ4n) is 2.56. The van der Waals surface area contributed by atoms with Gasteiger partial charge in [0.05, 0.1) is 11.3 Å². The number of hydrogen-bond donors (Lipinski definition) is 2. The third-order valence-corrected chi connectivity index (χ3v) is 4.79. The molecule has 0 radical (unpaired) electrons. The number of aliphatic carboxylic acids is 1. The summed E-state index contributed by atoms with van der Waals surface area (Å²) in [5.74, 6) is -1.54. The van der Waals surface area contributed by atoms with E-state index in [0.717, 1.165) is 5.56 Å². The Morgan fingerprint density at radius 1 is 1.15 bits per heavy atom. The minimum absolute atomic E-state index is 0.116. The number of likely N-dealkylation sites (N-methyl/N-ethyl adjacent to an activating group) is 1. The second kappa shape index (κ2) is 9.72. The van der Waals surface area contributed by atoms with E-state index < -0.39 is 12.0 Å². The quantitative estimate of drug-likeness (QED) is 0.706. The molecule has 0 aliphatic carbocycles. The van der Waals surface area contributed by atoms with Crippen LogP contribution in [0, 0.1) is 0 Å². The van der Waals surface area contributed by atoms with Crippen molar-refractivity contribution in [1.29, 1.82) is 0 Å². The van der Waals surface area contributed by atoms with Gasteiger partial charge in [-0.05, 0) is 23.9 Å². The van der Waals surface area contributed by atoms with Gasteiger partial charge in [0.2, 0.25) is 5.91 Å². The standard InChI is InChI=1S/C19H22N2O4S/c1-2-21(11-10-17(22)23)19(25)15(13-14-7-4-3-5-8-14)20-18(24)16-9-6-12-26-16/h3-9,12,15H,2,10-11,13H2,1H3,(H,20,24)(H,22,23). The Hall–Kier alpha value is -2.67. The van der Waals surface area contributed by atoms with Crippen LogP contribution in [0.3, 0.4) is 0 Å². The molecule has 2 amide bonds. The highest BCUT2D eigenvalue weighted by Gasteiger charge is 2.26. The minimum Gasteiger partial charge on any atom is -0.481 e. The number of amides is 2. The summed E-state index contributed by atoms with van der Waals surface area (Å²) in [7, 11) is 0. The molecule has 0 aliphatic rings. The summed E-state index contributed by atoms with van der Waals surface area (Å²) in [6.07, 6.45) is 0.219. The van der Waals surface area contributed by atoms with Gasteiger partial charge in [-0.3, -0.25) is 14.4 Å². The lowest BCUT2D eigenvalue weighted by Crippen LogP contribution is -2.50. The van der Waals surface area contributed by atoms with Crippen molar-refractivity contribution in [2.24, 2.45) is 0 Å². The van der Waals surface area contributed by atoms with E-state index in [-0.39, 0.29) is 24.8 Å². The Morgan fingerprint density at radius 3 is 2.46 bits per heavy atom. The van der Waals surface area contributed by atoms with E-state index in [1.807, 2.05) is 30.3 Å². The first-order valence-electron chi connectivity index (χ1n) is 8.40. The van der Waals surface area contributed by atoms with Crippen LogP contribution in [0.4, 0.5) is 0 Å². The molecule has 0 aliphatic heterocycles. The normalized spacial score (nSPS) is 11.6. The van der Waals surface area contributed by atoms with Gasteiger partial charge in [-0.2, -0.15) is 0 Å². The lowest BCUT2D eigenvalue weighted by atomic mass is 10.0. The van der Waals surface area contributed by atoms with Crippen molar-refractivity contribution in [3.05, 3.63) is 58.3 Å². The van der Waals surface area contributed by atoms with Gasteiger partial charge in [0, 0.05) is 19.5 Å². The zero-order chi connectivity index (χ0) is 18.9. The van der Waals surface area contributed by atoms with Crippen LogP contribution >= 0.6 is 11.3 Å². The molecular weight excluding hydrogens is 352 g/mol. The number of carbonyl (C=O) groups excluding carboxylic acids is 2. The van der Waals surface area contributed by atoms with Crippen molar-refractivity contribution in [2.75, 3.05) is 13.1 Å². The number of nitrogens with zero attached hydrogens (tertiary/aromatic N) is 1. The van der Waals surface area contributed by atoms with E-state index in [9.17, 15) is 14.4 Å². The summed E-state index contributed by atoms with van der Waals surface area (Å²) >= 11 is 1.30. The SMILES string of the molecule is CCN(CCC(=O)O)C(=O)C(Cc1ccccc1)NC(=O)c1cccs1. The molecule has 0 bridgehead atoms. The van der Waals surface area contributed by atoms with Crippen molar-refractivity contribution < 1.29 is 19.5 Å². The average Bonchev–Trinajstić information content (AvgIpc) is 3.17. The van der Waals surface area contributed by atoms with E-state index in [1.165, 1.54) is 16.2 Å². The summed E-state index contributed by atoms with van der Waals surface area (Å²) in [5.41, 5.74) is 0.923. The Labute approximate surface area is 156 Å². The summed E-state index contributed by atoms with van der Waals surface area (Å²) in [4.78, 5) is 38.2. The van der Waals surface area contributed by atoms with Crippen LogP contribution < -0.4 is 5.32 Å². The molecule has 0 spiro atoms. The van der Waals surface area contributed by atoms with Crippen LogP contribution in [0.25, 0.3) is 0 Å². The van der Waals surface area contributed by atoms with Crippen LogP contribution in [0.5, 0.6) is 0 Å². The first kappa shape index (κ1) is 19.7. The molecular formula is C19H22N2O4S. The Kier molecular flexibility index (Phi) is 7.35. The molecule has 0 saturated heterocycles. The van der Waals surface area contributed by atoms with Gasteiger partial charge in [-0.1, -0.05) is 36.4 Å². The molecule has 26 heavy (non-hydrogen) atoms. The first-order chi connectivity index (χ1) is 12.5. The highest BCUT2D eigenvalue weighted by atomic mass is 32.1. The number of carboxylic acid groups (broad SMARTS) is 1. The van der Waals surface area contributed by atoms with Crippen molar-refractivity contribution in [2.45, 2.75) is 25.8 Å². The summed E-state index contributed by atoms with van der Waals surface area (Å²) in [6, 6.07) is 12.2. The van der Waals surface area contributed by atoms with Crippen LogP contribution in [0.2, 0.25) is 0 Å². The molecule has 1 aromatic carbocycles. The molecule has 6 nitrogen and oxygen atoms in total. The Balaban J connectivity index is 2.16. The van der Waals surface area contributed by atoms with Crippen molar-refractivity contribution in [1.82, 2.24) is 10.2 Å². The molecule has 1 atom stereocenters. The van der Waals surface area contributed by atoms with E-state index in [4.69, 9.17) is 5.11 Å². The third-order valence-electron chi connectivity index (χ3n) is 3.92. The van der Waals surface area contributed by atoms with Gasteiger partial charge in [-0.25, -0.2) is 0 Å². The lowest BCUT2D eigenvalue weighted by molar-refractivity contribution is -0.139. The number of benzene rings is 1. The van der Waals surface area contributed by atoms with E-state index in [0.29, 0.717) is 17.8 Å². The van der Waals surface area contributed by atoms with Crippen molar-refractivity contribution >= 4 is 29.1 Å². The molecule has 2 N–H and O–H groups in total. The maximum atomic E-state index is 12.9. The van der Waals surface area contributed by atoms with Gasteiger partial charge in [0.25, 0.3) is 5.91 Å². The topological polar surface area (TPSA) is 86.7 Å². The predicted molar refractivity (Wildman–Crippen MR) is 100 cm³/mol. The van der Waals surface area contributed by atoms with Crippen LogP contribution in [-0.2, 0) is 16.0 Å². The van der Waals surface area contributed by atoms with Crippen LogP contribution in [0.1, 0.15) is 28.6 Å². The third kappa shape index (κ3) is 5.70. The highest BCUT2D eigenvalue weighted by molar-refractivity contribution is 7.12.